The van der Waals surface area contributed by atoms with Crippen LogP contribution in [0.1, 0.15) is 65.2 Å². The molecule has 2 heterocycles. The highest BCUT2D eigenvalue weighted by Gasteiger charge is 2.53. The van der Waals surface area contributed by atoms with E-state index < -0.39 is 43.1 Å². The molecule has 1 aliphatic carbocycles. The zero-order chi connectivity index (χ0) is 24.7. The number of hydrogen-bond acceptors (Lipinski definition) is 5. The van der Waals surface area contributed by atoms with Gasteiger partial charge in [0.1, 0.15) is 18.7 Å². The van der Waals surface area contributed by atoms with Crippen LogP contribution in [0.2, 0.25) is 0 Å². The molecule has 0 radical (unpaired) electrons. The first kappa shape index (κ1) is 24.1. The van der Waals surface area contributed by atoms with Crippen molar-refractivity contribution >= 4 is 28.9 Å². The Morgan fingerprint density at radius 3 is 2.59 bits per heavy atom. The van der Waals surface area contributed by atoms with Gasteiger partial charge in [0.25, 0.3) is 5.91 Å². The number of halogens is 2. The maximum atomic E-state index is 13.5. The first-order valence-electron chi connectivity index (χ1n) is 11.6. The number of imide groups is 1. The molecular weight excluding hydrogens is 446 g/mol. The van der Waals surface area contributed by atoms with Gasteiger partial charge < -0.3 is 10.1 Å². The summed E-state index contributed by atoms with van der Waals surface area (Å²) in [7, 11) is 0. The number of hydrogen-bond donors (Lipinski definition) is 1. The Morgan fingerprint density at radius 1 is 1.26 bits per heavy atom. The van der Waals surface area contributed by atoms with Gasteiger partial charge in [-0.3, -0.25) is 19.1 Å². The van der Waals surface area contributed by atoms with Gasteiger partial charge in [-0.05, 0) is 49.1 Å². The van der Waals surface area contributed by atoms with Crippen LogP contribution >= 0.6 is 0 Å². The van der Waals surface area contributed by atoms with Crippen molar-refractivity contribution in [3.63, 3.8) is 0 Å². The lowest BCUT2D eigenvalue weighted by Gasteiger charge is -2.42. The molecule has 3 amide bonds. The van der Waals surface area contributed by atoms with Crippen LogP contribution in [0.4, 0.5) is 13.6 Å². The molecule has 0 unspecified atom stereocenters. The second-order valence-electron chi connectivity index (χ2n) is 9.85. The normalized spacial score (nSPS) is 23.2. The summed E-state index contributed by atoms with van der Waals surface area (Å²) >= 11 is 0. The van der Waals surface area contributed by atoms with Gasteiger partial charge >= 0.3 is 18.5 Å². The average molecular weight is 477 g/mol. The Hall–Kier alpha value is -3.04. The summed E-state index contributed by atoms with van der Waals surface area (Å²) in [5.41, 5.74) is -0.250. The number of aromatic nitrogens is 2. The van der Waals surface area contributed by atoms with Crippen LogP contribution in [0.5, 0.6) is 0 Å². The first-order valence-corrected chi connectivity index (χ1v) is 11.6. The lowest BCUT2D eigenvalue weighted by molar-refractivity contribution is -0.149. The highest BCUT2D eigenvalue weighted by atomic mass is 19.3. The highest BCUT2D eigenvalue weighted by molar-refractivity contribution is 6.08. The SMILES string of the molecule is CCC(C)(C)C1CCC2(CC1)NC(=O)N(CC(=O)OCc1nc3ccccc3n1C(F)F)C2=O. The fourth-order valence-electron chi connectivity index (χ4n) is 5.07. The van der Waals surface area contributed by atoms with E-state index in [9.17, 15) is 23.2 Å². The molecule has 1 aromatic heterocycles. The monoisotopic (exact) mass is 476 g/mol. The minimum absolute atomic E-state index is 0.116. The second-order valence-corrected chi connectivity index (χ2v) is 9.85. The summed E-state index contributed by atoms with van der Waals surface area (Å²) in [5.74, 6) is -0.952. The van der Waals surface area contributed by atoms with Crippen LogP contribution in [0.3, 0.4) is 0 Å². The van der Waals surface area contributed by atoms with Crippen molar-refractivity contribution < 1.29 is 27.9 Å². The van der Waals surface area contributed by atoms with E-state index in [2.05, 4.69) is 31.1 Å². The largest absolute Gasteiger partial charge is 0.456 e. The Morgan fingerprint density at radius 2 is 1.94 bits per heavy atom. The van der Waals surface area contributed by atoms with Crippen molar-refractivity contribution in [1.82, 2.24) is 19.8 Å². The van der Waals surface area contributed by atoms with E-state index in [0.717, 1.165) is 24.2 Å². The Balaban J connectivity index is 1.39. The van der Waals surface area contributed by atoms with Gasteiger partial charge in [-0.15, -0.1) is 0 Å². The van der Waals surface area contributed by atoms with Gasteiger partial charge in [0.2, 0.25) is 0 Å². The van der Waals surface area contributed by atoms with Gasteiger partial charge in [0.05, 0.1) is 11.0 Å². The molecule has 2 aromatic rings. The lowest BCUT2D eigenvalue weighted by atomic mass is 9.65. The van der Waals surface area contributed by atoms with E-state index in [4.69, 9.17) is 4.74 Å². The standard InChI is InChI=1S/C24H30F2N4O4/c1-4-23(2,3)15-9-11-24(12-10-15)20(32)29(22(33)28-24)13-19(31)34-14-18-27-16-7-5-6-8-17(16)30(18)21(25)26/h5-8,15,21H,4,9-14H2,1-3H3,(H,28,33). The molecule has 1 saturated carbocycles. The molecule has 0 atom stereocenters. The maximum absolute atomic E-state index is 13.5. The predicted molar refractivity (Wildman–Crippen MR) is 120 cm³/mol. The number of amides is 3. The third kappa shape index (κ3) is 4.25. The molecule has 2 fully saturated rings. The van der Waals surface area contributed by atoms with Crippen LogP contribution in [-0.4, -0.2) is 44.4 Å². The topological polar surface area (TPSA) is 93.5 Å². The summed E-state index contributed by atoms with van der Waals surface area (Å²) in [6, 6.07) is 5.74. The number of carbonyl (C=O) groups is 3. The maximum Gasteiger partial charge on any atom is 0.326 e. The summed E-state index contributed by atoms with van der Waals surface area (Å²) in [4.78, 5) is 43.1. The van der Waals surface area contributed by atoms with Crippen molar-refractivity contribution in [2.24, 2.45) is 11.3 Å². The number of nitrogens with one attached hydrogen (secondary N) is 1. The number of urea groups is 1. The minimum atomic E-state index is -2.86. The summed E-state index contributed by atoms with van der Waals surface area (Å²) < 4.78 is 32.9. The molecule has 1 N–H and O–H groups in total. The molecular formula is C24H30F2N4O4. The number of carbonyl (C=O) groups excluding carboxylic acids is 3. The number of nitrogens with zero attached hydrogens (tertiary/aromatic N) is 3. The van der Waals surface area contributed by atoms with E-state index in [1.54, 1.807) is 18.2 Å². The van der Waals surface area contributed by atoms with Gasteiger partial charge in [0, 0.05) is 0 Å². The van der Waals surface area contributed by atoms with Gasteiger partial charge in [-0.25, -0.2) is 9.78 Å². The van der Waals surface area contributed by atoms with Gasteiger partial charge in [0.15, 0.2) is 5.82 Å². The molecule has 0 bridgehead atoms. The van der Waals surface area contributed by atoms with E-state index in [0.29, 0.717) is 28.8 Å². The van der Waals surface area contributed by atoms with E-state index in [1.807, 2.05) is 0 Å². The zero-order valence-electron chi connectivity index (χ0n) is 19.6. The molecule has 1 aromatic carbocycles. The first-order chi connectivity index (χ1) is 16.1. The van der Waals surface area contributed by atoms with E-state index in [-0.39, 0.29) is 16.8 Å². The number of fused-ring (bicyclic) bond motifs is 1. The smallest absolute Gasteiger partial charge is 0.326 e. The number of benzene rings is 1. The molecule has 4 rings (SSSR count). The zero-order valence-corrected chi connectivity index (χ0v) is 19.6. The van der Waals surface area contributed by atoms with Gasteiger partial charge in [-0.2, -0.15) is 8.78 Å². The van der Waals surface area contributed by atoms with Crippen LogP contribution in [-0.2, 0) is 20.9 Å². The number of ether oxygens (including phenoxy) is 1. The predicted octanol–water partition coefficient (Wildman–Crippen LogP) is 4.39. The number of rotatable bonds is 7. The summed E-state index contributed by atoms with van der Waals surface area (Å²) in [6.45, 7) is 2.65. The number of para-hydroxylation sites is 2. The van der Waals surface area contributed by atoms with Crippen LogP contribution in [0.15, 0.2) is 24.3 Å². The molecule has 1 aliphatic heterocycles. The Kier molecular flexibility index (Phi) is 6.35. The molecule has 1 saturated heterocycles. The second kappa shape index (κ2) is 8.96. The van der Waals surface area contributed by atoms with Crippen LogP contribution in [0.25, 0.3) is 11.0 Å². The fourth-order valence-corrected chi connectivity index (χ4v) is 5.07. The van der Waals surface area contributed by atoms with Crippen molar-refractivity contribution in [3.05, 3.63) is 30.1 Å². The number of imidazole rings is 1. The average Bonchev–Trinajstić information content (AvgIpc) is 3.29. The van der Waals surface area contributed by atoms with Crippen molar-refractivity contribution in [1.29, 1.82) is 0 Å². The van der Waals surface area contributed by atoms with E-state index in [1.165, 1.54) is 6.07 Å². The third-order valence-electron chi connectivity index (χ3n) is 7.61. The summed E-state index contributed by atoms with van der Waals surface area (Å²) in [6.07, 6.45) is 3.71. The molecule has 10 heteroatoms. The number of alkyl halides is 2. The molecule has 1 spiro atoms. The third-order valence-corrected chi connectivity index (χ3v) is 7.61. The quantitative estimate of drug-likeness (QED) is 0.473. The van der Waals surface area contributed by atoms with Crippen LogP contribution in [0, 0.1) is 11.3 Å². The Labute approximate surface area is 196 Å². The Bertz CT molecular complexity index is 1110. The fraction of sp³-hybridized carbons (Fsp3) is 0.583. The van der Waals surface area contributed by atoms with Crippen molar-refractivity contribution in [2.45, 2.75) is 71.6 Å². The van der Waals surface area contributed by atoms with Crippen molar-refractivity contribution in [3.8, 4) is 0 Å². The molecule has 2 aliphatic rings. The minimum Gasteiger partial charge on any atom is -0.456 e. The molecule has 184 valence electrons. The molecule has 34 heavy (non-hydrogen) atoms. The lowest BCUT2D eigenvalue weighted by Crippen LogP contribution is -2.51. The highest BCUT2D eigenvalue weighted by Crippen LogP contribution is 2.45. The number of esters is 1. The van der Waals surface area contributed by atoms with Gasteiger partial charge in [-0.1, -0.05) is 39.3 Å². The van der Waals surface area contributed by atoms with Crippen molar-refractivity contribution in [2.75, 3.05) is 6.54 Å². The summed E-state index contributed by atoms with van der Waals surface area (Å²) in [5, 5.41) is 2.79. The van der Waals surface area contributed by atoms with E-state index >= 15 is 0 Å². The molecule has 8 nitrogen and oxygen atoms in total. The van der Waals surface area contributed by atoms with Crippen LogP contribution < -0.4 is 5.32 Å².